The first-order chi connectivity index (χ1) is 13.7. The molecule has 0 spiro atoms. The Labute approximate surface area is 164 Å². The summed E-state index contributed by atoms with van der Waals surface area (Å²) in [4.78, 5) is 40.1. The summed E-state index contributed by atoms with van der Waals surface area (Å²) in [7, 11) is 0. The van der Waals surface area contributed by atoms with Crippen LogP contribution >= 0.6 is 0 Å². The molecule has 8 nitrogen and oxygen atoms in total. The molecule has 4 aliphatic rings. The Hall–Kier alpha value is -2.06. The average Bonchev–Trinajstić information content (AvgIpc) is 3.41. The smallest absolute Gasteiger partial charge is 0.235 e. The molecule has 0 N–H and O–H groups in total. The van der Waals surface area contributed by atoms with Crippen LogP contribution in [0.3, 0.4) is 0 Å². The van der Waals surface area contributed by atoms with Gasteiger partial charge in [-0.05, 0) is 38.3 Å². The maximum atomic E-state index is 12.7. The van der Waals surface area contributed by atoms with Crippen molar-refractivity contribution in [2.24, 2.45) is 11.8 Å². The fourth-order valence-corrected chi connectivity index (χ4v) is 5.23. The van der Waals surface area contributed by atoms with Gasteiger partial charge in [-0.15, -0.1) is 0 Å². The molecule has 8 heteroatoms. The number of nitrogens with zero attached hydrogens (tertiary/aromatic N) is 5. The number of hydrogen-bond acceptors (Lipinski definition) is 7. The lowest BCUT2D eigenvalue weighted by Crippen LogP contribution is -2.47. The number of aromatic nitrogens is 2. The number of carbonyl (C=O) groups is 2. The highest BCUT2D eigenvalue weighted by molar-refractivity contribution is 6.06. The van der Waals surface area contributed by atoms with E-state index in [2.05, 4.69) is 19.8 Å². The van der Waals surface area contributed by atoms with Crippen LogP contribution in [0.4, 0.5) is 5.95 Å². The quantitative estimate of drug-likeness (QED) is 0.522. The number of anilines is 1. The third-order valence-electron chi connectivity index (χ3n) is 6.69. The van der Waals surface area contributed by atoms with E-state index in [4.69, 9.17) is 4.74 Å². The van der Waals surface area contributed by atoms with E-state index in [1.54, 1.807) is 12.4 Å². The monoisotopic (exact) mass is 385 g/mol. The molecule has 0 aliphatic carbocycles. The summed E-state index contributed by atoms with van der Waals surface area (Å²) < 4.78 is 5.79. The zero-order valence-corrected chi connectivity index (χ0v) is 16.1. The maximum Gasteiger partial charge on any atom is 0.235 e. The second-order valence-corrected chi connectivity index (χ2v) is 8.25. The first-order valence-corrected chi connectivity index (χ1v) is 10.5. The van der Waals surface area contributed by atoms with E-state index < -0.39 is 0 Å². The van der Waals surface area contributed by atoms with Crippen LogP contribution in [0.2, 0.25) is 0 Å². The number of unbranched alkanes of at least 4 members (excludes halogenated alkanes) is 1. The SMILES string of the molecule is O=C1C2C3CCC(O3)C2C(=O)N1CCCCN1CCN(c2ncccn2)CC1. The summed E-state index contributed by atoms with van der Waals surface area (Å²) in [6.07, 6.45) is 7.26. The lowest BCUT2D eigenvalue weighted by atomic mass is 9.81. The minimum atomic E-state index is -0.195. The zero-order valence-electron chi connectivity index (χ0n) is 16.1. The average molecular weight is 385 g/mol. The third-order valence-corrected chi connectivity index (χ3v) is 6.69. The highest BCUT2D eigenvalue weighted by Gasteiger charge is 2.62. The van der Waals surface area contributed by atoms with Gasteiger partial charge in [0.2, 0.25) is 17.8 Å². The molecule has 2 amide bonds. The lowest BCUT2D eigenvalue weighted by Gasteiger charge is -2.34. The number of carbonyl (C=O) groups excluding carboxylic acids is 2. The van der Waals surface area contributed by atoms with Crippen LogP contribution in [0.5, 0.6) is 0 Å². The first-order valence-electron chi connectivity index (χ1n) is 10.5. The summed E-state index contributed by atoms with van der Waals surface area (Å²) in [5, 5.41) is 0. The molecule has 0 aromatic carbocycles. The molecule has 4 atom stereocenters. The Morgan fingerprint density at radius 1 is 0.893 bits per heavy atom. The number of piperazine rings is 1. The van der Waals surface area contributed by atoms with Gasteiger partial charge in [0.1, 0.15) is 0 Å². The van der Waals surface area contributed by atoms with Gasteiger partial charge in [0.15, 0.2) is 0 Å². The number of amides is 2. The number of fused-ring (bicyclic) bond motifs is 5. The molecule has 150 valence electrons. The summed E-state index contributed by atoms with van der Waals surface area (Å²) in [6, 6.07) is 1.83. The molecule has 5 heterocycles. The van der Waals surface area contributed by atoms with Gasteiger partial charge in [0.25, 0.3) is 0 Å². The standard InChI is InChI=1S/C20H27N5O3/c26-18-16-14-4-5-15(28-14)17(16)19(27)25(18)9-2-1-8-23-10-12-24(13-11-23)20-21-6-3-7-22-20/h3,6-7,14-17H,1-2,4-5,8-13H2. The Kier molecular flexibility index (Phi) is 4.76. The van der Waals surface area contributed by atoms with Crippen molar-refractivity contribution in [3.8, 4) is 0 Å². The van der Waals surface area contributed by atoms with Crippen LogP contribution in [0, 0.1) is 11.8 Å². The number of rotatable bonds is 6. The fraction of sp³-hybridized carbons (Fsp3) is 0.700. The van der Waals surface area contributed by atoms with Crippen molar-refractivity contribution in [2.75, 3.05) is 44.2 Å². The minimum Gasteiger partial charge on any atom is -0.373 e. The Morgan fingerprint density at radius 2 is 1.50 bits per heavy atom. The van der Waals surface area contributed by atoms with Gasteiger partial charge in [-0.3, -0.25) is 19.4 Å². The van der Waals surface area contributed by atoms with Gasteiger partial charge in [0.05, 0.1) is 24.0 Å². The van der Waals surface area contributed by atoms with Crippen molar-refractivity contribution in [3.63, 3.8) is 0 Å². The minimum absolute atomic E-state index is 0.0126. The fourth-order valence-electron chi connectivity index (χ4n) is 5.23. The molecular formula is C20H27N5O3. The van der Waals surface area contributed by atoms with Gasteiger partial charge >= 0.3 is 0 Å². The van der Waals surface area contributed by atoms with E-state index in [9.17, 15) is 9.59 Å². The Bertz CT molecular complexity index is 709. The van der Waals surface area contributed by atoms with Gasteiger partial charge in [-0.25, -0.2) is 9.97 Å². The molecule has 0 saturated carbocycles. The van der Waals surface area contributed by atoms with Crippen molar-refractivity contribution in [3.05, 3.63) is 18.5 Å². The predicted molar refractivity (Wildman–Crippen MR) is 102 cm³/mol. The molecule has 4 fully saturated rings. The van der Waals surface area contributed by atoms with Crippen molar-refractivity contribution in [1.29, 1.82) is 0 Å². The molecular weight excluding hydrogens is 358 g/mol. The zero-order chi connectivity index (χ0) is 19.1. The van der Waals surface area contributed by atoms with Crippen LogP contribution in [-0.4, -0.2) is 83.1 Å². The maximum absolute atomic E-state index is 12.7. The van der Waals surface area contributed by atoms with Gasteiger partial charge in [-0.2, -0.15) is 0 Å². The number of hydrogen-bond donors (Lipinski definition) is 0. The highest BCUT2D eigenvalue weighted by atomic mass is 16.5. The van der Waals surface area contributed by atoms with Crippen molar-refractivity contribution >= 4 is 17.8 Å². The molecule has 4 saturated heterocycles. The highest BCUT2D eigenvalue weighted by Crippen LogP contribution is 2.48. The largest absolute Gasteiger partial charge is 0.373 e. The van der Waals surface area contributed by atoms with Crippen LogP contribution in [0.15, 0.2) is 18.5 Å². The van der Waals surface area contributed by atoms with E-state index in [1.807, 2.05) is 6.07 Å². The molecule has 2 bridgehead atoms. The second kappa shape index (κ2) is 7.40. The summed E-state index contributed by atoms with van der Waals surface area (Å²) >= 11 is 0. The number of likely N-dealkylation sites (tertiary alicyclic amines) is 1. The predicted octanol–water partition coefficient (Wildman–Crippen LogP) is 0.541. The third kappa shape index (κ3) is 3.08. The Balaban J connectivity index is 1.05. The van der Waals surface area contributed by atoms with E-state index in [1.165, 1.54) is 4.90 Å². The molecule has 28 heavy (non-hydrogen) atoms. The van der Waals surface area contributed by atoms with Gasteiger partial charge < -0.3 is 9.64 Å². The first kappa shape index (κ1) is 18.0. The van der Waals surface area contributed by atoms with Crippen molar-refractivity contribution < 1.29 is 14.3 Å². The van der Waals surface area contributed by atoms with Crippen molar-refractivity contribution in [1.82, 2.24) is 19.8 Å². The molecule has 5 rings (SSSR count). The van der Waals surface area contributed by atoms with Crippen LogP contribution < -0.4 is 4.90 Å². The van der Waals surface area contributed by atoms with Crippen LogP contribution in [-0.2, 0) is 14.3 Å². The van der Waals surface area contributed by atoms with Crippen LogP contribution in [0.25, 0.3) is 0 Å². The number of ether oxygens (including phenoxy) is 1. The molecule has 0 radical (unpaired) electrons. The second-order valence-electron chi connectivity index (χ2n) is 8.25. The van der Waals surface area contributed by atoms with Gasteiger partial charge in [-0.1, -0.05) is 0 Å². The van der Waals surface area contributed by atoms with E-state index >= 15 is 0 Å². The lowest BCUT2D eigenvalue weighted by molar-refractivity contribution is -0.142. The van der Waals surface area contributed by atoms with Crippen molar-refractivity contribution in [2.45, 2.75) is 37.9 Å². The molecule has 1 aromatic rings. The van der Waals surface area contributed by atoms with Crippen LogP contribution in [0.1, 0.15) is 25.7 Å². The number of imide groups is 1. The normalized spacial score (nSPS) is 32.4. The topological polar surface area (TPSA) is 78.9 Å². The van der Waals surface area contributed by atoms with E-state index in [0.29, 0.717) is 6.54 Å². The summed E-state index contributed by atoms with van der Waals surface area (Å²) in [5.41, 5.74) is 0. The summed E-state index contributed by atoms with van der Waals surface area (Å²) in [5.74, 6) is 0.438. The molecule has 4 unspecified atom stereocenters. The van der Waals surface area contributed by atoms with E-state index in [-0.39, 0.29) is 35.9 Å². The van der Waals surface area contributed by atoms with Gasteiger partial charge in [0, 0.05) is 45.1 Å². The Morgan fingerprint density at radius 3 is 2.14 bits per heavy atom. The molecule has 4 aliphatic heterocycles. The van der Waals surface area contributed by atoms with E-state index in [0.717, 1.165) is 64.4 Å². The molecule has 1 aromatic heterocycles. The summed E-state index contributed by atoms with van der Waals surface area (Å²) in [6.45, 7) is 5.40.